The molecule has 0 unspecified atom stereocenters. The molecular weight excluding hydrogens is 306 g/mol. The van der Waals surface area contributed by atoms with Gasteiger partial charge in [-0.2, -0.15) is 0 Å². The predicted molar refractivity (Wildman–Crippen MR) is 91.8 cm³/mol. The number of fused-ring (bicyclic) bond motifs is 1. The first-order valence-corrected chi connectivity index (χ1v) is 7.39. The summed E-state index contributed by atoms with van der Waals surface area (Å²) in [4.78, 5) is 21.5. The Labute approximate surface area is 139 Å². The highest BCUT2D eigenvalue weighted by Crippen LogP contribution is 2.29. The first-order chi connectivity index (χ1) is 11.6. The number of carbonyl (C=O) groups excluding carboxylic acids is 1. The summed E-state index contributed by atoms with van der Waals surface area (Å²) in [6.45, 7) is 1.76. The van der Waals surface area contributed by atoms with Gasteiger partial charge in [0.25, 0.3) is 5.91 Å². The molecule has 1 amide bonds. The normalized spacial score (nSPS) is 10.5. The standard InChI is InChI=1S/C18H17N3O3/c1-11-17(20-14-7-5-4-6-13(14)19-11)18(22)21-15-9-8-12(23-2)10-16(15)24-3/h4-10H,1-3H3,(H,21,22). The van der Waals surface area contributed by atoms with Gasteiger partial charge in [0.1, 0.15) is 17.2 Å². The predicted octanol–water partition coefficient (Wildman–Crippen LogP) is 3.21. The third-order valence-corrected chi connectivity index (χ3v) is 3.62. The van der Waals surface area contributed by atoms with Gasteiger partial charge in [-0.05, 0) is 31.2 Å². The fraction of sp³-hybridized carbons (Fsp3) is 0.167. The van der Waals surface area contributed by atoms with E-state index in [9.17, 15) is 4.79 Å². The Morgan fingerprint density at radius 3 is 2.38 bits per heavy atom. The number of hydrogen-bond donors (Lipinski definition) is 1. The van der Waals surface area contributed by atoms with Gasteiger partial charge in [0, 0.05) is 6.07 Å². The molecule has 122 valence electrons. The van der Waals surface area contributed by atoms with Gasteiger partial charge in [-0.15, -0.1) is 0 Å². The average molecular weight is 323 g/mol. The lowest BCUT2D eigenvalue weighted by molar-refractivity contribution is 0.102. The number of ether oxygens (including phenoxy) is 2. The van der Waals surface area contributed by atoms with Crippen molar-refractivity contribution in [1.29, 1.82) is 0 Å². The zero-order chi connectivity index (χ0) is 17.1. The molecule has 3 rings (SSSR count). The highest BCUT2D eigenvalue weighted by atomic mass is 16.5. The zero-order valence-corrected chi connectivity index (χ0v) is 13.7. The highest BCUT2D eigenvalue weighted by molar-refractivity contribution is 6.05. The summed E-state index contributed by atoms with van der Waals surface area (Å²) in [6.07, 6.45) is 0. The van der Waals surface area contributed by atoms with Crippen molar-refractivity contribution in [2.24, 2.45) is 0 Å². The van der Waals surface area contributed by atoms with Crippen molar-refractivity contribution >= 4 is 22.6 Å². The molecule has 0 aliphatic heterocycles. The Morgan fingerprint density at radius 2 is 1.71 bits per heavy atom. The summed E-state index contributed by atoms with van der Waals surface area (Å²) < 4.78 is 10.4. The van der Waals surface area contributed by atoms with Crippen LogP contribution in [0.3, 0.4) is 0 Å². The van der Waals surface area contributed by atoms with Crippen LogP contribution in [0, 0.1) is 6.92 Å². The first-order valence-electron chi connectivity index (χ1n) is 7.39. The zero-order valence-electron chi connectivity index (χ0n) is 13.7. The van der Waals surface area contributed by atoms with Crippen molar-refractivity contribution in [3.63, 3.8) is 0 Å². The Balaban J connectivity index is 1.94. The molecule has 3 aromatic rings. The SMILES string of the molecule is COc1ccc(NC(=O)c2nc3ccccc3nc2C)c(OC)c1. The molecule has 1 aromatic heterocycles. The number of amides is 1. The number of nitrogens with one attached hydrogen (secondary N) is 1. The van der Waals surface area contributed by atoms with E-state index in [-0.39, 0.29) is 11.6 Å². The van der Waals surface area contributed by atoms with Crippen LogP contribution in [-0.4, -0.2) is 30.1 Å². The molecule has 24 heavy (non-hydrogen) atoms. The van der Waals surface area contributed by atoms with Crippen LogP contribution in [0.25, 0.3) is 11.0 Å². The van der Waals surface area contributed by atoms with Gasteiger partial charge in [0.15, 0.2) is 0 Å². The van der Waals surface area contributed by atoms with Crippen molar-refractivity contribution < 1.29 is 14.3 Å². The number of carbonyl (C=O) groups is 1. The number of rotatable bonds is 4. The molecule has 1 heterocycles. The molecule has 0 saturated carbocycles. The molecule has 0 fully saturated rings. The Morgan fingerprint density at radius 1 is 1.00 bits per heavy atom. The number of para-hydroxylation sites is 2. The van der Waals surface area contributed by atoms with E-state index in [1.807, 2.05) is 24.3 Å². The summed E-state index contributed by atoms with van der Waals surface area (Å²) in [5.74, 6) is 0.815. The lowest BCUT2D eigenvalue weighted by Gasteiger charge is -2.12. The van der Waals surface area contributed by atoms with Gasteiger partial charge in [-0.25, -0.2) is 9.97 Å². The summed E-state index contributed by atoms with van der Waals surface area (Å²) in [5, 5.41) is 2.81. The molecule has 0 atom stereocenters. The number of aryl methyl sites for hydroxylation is 1. The van der Waals surface area contributed by atoms with Crippen LogP contribution in [-0.2, 0) is 0 Å². The summed E-state index contributed by atoms with van der Waals surface area (Å²) in [5.41, 5.74) is 2.83. The summed E-state index contributed by atoms with van der Waals surface area (Å²) >= 11 is 0. The maximum Gasteiger partial charge on any atom is 0.276 e. The minimum Gasteiger partial charge on any atom is -0.497 e. The van der Waals surface area contributed by atoms with Crippen molar-refractivity contribution in [3.05, 3.63) is 53.9 Å². The van der Waals surface area contributed by atoms with E-state index in [0.717, 1.165) is 5.52 Å². The third-order valence-electron chi connectivity index (χ3n) is 3.62. The topological polar surface area (TPSA) is 73.3 Å². The third kappa shape index (κ3) is 2.99. The van der Waals surface area contributed by atoms with E-state index in [4.69, 9.17) is 9.47 Å². The van der Waals surface area contributed by atoms with Gasteiger partial charge in [0.05, 0.1) is 36.6 Å². The maximum atomic E-state index is 12.6. The van der Waals surface area contributed by atoms with Crippen LogP contribution >= 0.6 is 0 Å². The van der Waals surface area contributed by atoms with Gasteiger partial charge >= 0.3 is 0 Å². The Bertz CT molecular complexity index is 909. The number of benzene rings is 2. The smallest absolute Gasteiger partial charge is 0.276 e. The molecule has 0 spiro atoms. The van der Waals surface area contributed by atoms with Crippen molar-refractivity contribution in [1.82, 2.24) is 9.97 Å². The first kappa shape index (κ1) is 15.7. The van der Waals surface area contributed by atoms with Gasteiger partial charge in [-0.3, -0.25) is 4.79 Å². The Hall–Kier alpha value is -3.15. The van der Waals surface area contributed by atoms with E-state index in [1.54, 1.807) is 32.2 Å². The lowest BCUT2D eigenvalue weighted by atomic mass is 10.2. The minimum atomic E-state index is -0.339. The summed E-state index contributed by atoms with van der Waals surface area (Å²) in [7, 11) is 3.10. The van der Waals surface area contributed by atoms with E-state index < -0.39 is 0 Å². The number of methoxy groups -OCH3 is 2. The van der Waals surface area contributed by atoms with Crippen LogP contribution in [0.4, 0.5) is 5.69 Å². The summed E-state index contributed by atoms with van der Waals surface area (Å²) in [6, 6.07) is 12.6. The van der Waals surface area contributed by atoms with Crippen molar-refractivity contribution in [3.8, 4) is 11.5 Å². The van der Waals surface area contributed by atoms with Gasteiger partial charge in [0.2, 0.25) is 0 Å². The minimum absolute atomic E-state index is 0.284. The number of nitrogens with zero attached hydrogens (tertiary/aromatic N) is 2. The van der Waals surface area contributed by atoms with Crippen LogP contribution in [0.2, 0.25) is 0 Å². The fourth-order valence-electron chi connectivity index (χ4n) is 2.39. The molecule has 6 nitrogen and oxygen atoms in total. The second-order valence-electron chi connectivity index (χ2n) is 5.17. The van der Waals surface area contributed by atoms with Gasteiger partial charge in [-0.1, -0.05) is 12.1 Å². The van der Waals surface area contributed by atoms with Crippen LogP contribution in [0.5, 0.6) is 11.5 Å². The maximum absolute atomic E-state index is 12.6. The van der Waals surface area contributed by atoms with Crippen molar-refractivity contribution in [2.45, 2.75) is 6.92 Å². The van der Waals surface area contributed by atoms with Crippen LogP contribution in [0.15, 0.2) is 42.5 Å². The van der Waals surface area contributed by atoms with E-state index >= 15 is 0 Å². The molecule has 6 heteroatoms. The van der Waals surface area contributed by atoms with E-state index in [1.165, 1.54) is 7.11 Å². The Kier molecular flexibility index (Phi) is 4.29. The monoisotopic (exact) mass is 323 g/mol. The lowest BCUT2D eigenvalue weighted by Crippen LogP contribution is -2.16. The van der Waals surface area contributed by atoms with Gasteiger partial charge < -0.3 is 14.8 Å². The van der Waals surface area contributed by atoms with E-state index in [0.29, 0.717) is 28.4 Å². The quantitative estimate of drug-likeness (QED) is 0.798. The van der Waals surface area contributed by atoms with Crippen molar-refractivity contribution in [2.75, 3.05) is 19.5 Å². The molecule has 0 aliphatic carbocycles. The average Bonchev–Trinajstić information content (AvgIpc) is 2.61. The molecule has 1 N–H and O–H groups in total. The molecule has 0 radical (unpaired) electrons. The fourth-order valence-corrected chi connectivity index (χ4v) is 2.39. The number of anilines is 1. The molecular formula is C18H17N3O3. The highest BCUT2D eigenvalue weighted by Gasteiger charge is 2.16. The molecule has 0 aliphatic rings. The van der Waals surface area contributed by atoms with Crippen LogP contribution < -0.4 is 14.8 Å². The second kappa shape index (κ2) is 6.54. The van der Waals surface area contributed by atoms with Crippen LogP contribution in [0.1, 0.15) is 16.2 Å². The molecule has 0 saturated heterocycles. The largest absolute Gasteiger partial charge is 0.497 e. The number of hydrogen-bond acceptors (Lipinski definition) is 5. The van der Waals surface area contributed by atoms with E-state index in [2.05, 4.69) is 15.3 Å². The molecule has 2 aromatic carbocycles. The molecule has 0 bridgehead atoms. The number of aromatic nitrogens is 2. The second-order valence-corrected chi connectivity index (χ2v) is 5.17.